The summed E-state index contributed by atoms with van der Waals surface area (Å²) in [6.45, 7) is 0. The highest BCUT2D eigenvalue weighted by atomic mass is 32.2. The Bertz CT molecular complexity index is 297. The first-order chi connectivity index (χ1) is 6.52. The lowest BCUT2D eigenvalue weighted by Gasteiger charge is -1.74. The summed E-state index contributed by atoms with van der Waals surface area (Å²) in [6.07, 6.45) is 4.66. The Labute approximate surface area is 82.5 Å². The van der Waals surface area contributed by atoms with Gasteiger partial charge in [-0.25, -0.2) is 9.59 Å². The lowest BCUT2D eigenvalue weighted by Crippen LogP contribution is -1.91. The number of carbonyl (C=O) groups is 2. The zero-order valence-electron chi connectivity index (χ0n) is 6.99. The maximum absolute atomic E-state index is 10.2. The molecule has 1 rings (SSSR count). The van der Waals surface area contributed by atoms with Gasteiger partial charge >= 0.3 is 11.9 Å². The first-order valence-electron chi connectivity index (χ1n) is 3.40. The topological polar surface area (TPSA) is 91.7 Å². The van der Waals surface area contributed by atoms with E-state index in [1.807, 2.05) is 0 Å². The van der Waals surface area contributed by atoms with Crippen LogP contribution < -0.4 is 0 Å². The average molecular weight is 216 g/mol. The van der Waals surface area contributed by atoms with Gasteiger partial charge in [0.25, 0.3) is 0 Å². The third kappa shape index (κ3) is 8.41. The van der Waals surface area contributed by atoms with E-state index in [0.29, 0.717) is 12.2 Å². The SMILES string of the molecule is O=C(O)C=CC(=O)O.O=S1C=CC=C1. The summed E-state index contributed by atoms with van der Waals surface area (Å²) in [4.78, 5) is 19.1. The number of hydrogen-bond donors (Lipinski definition) is 2. The third-order valence-corrected chi connectivity index (χ3v) is 1.76. The quantitative estimate of drug-likeness (QED) is 0.655. The summed E-state index contributed by atoms with van der Waals surface area (Å²) >= 11 is 0. The second-order valence-electron chi connectivity index (χ2n) is 2.00. The molecule has 5 nitrogen and oxygen atoms in total. The number of rotatable bonds is 2. The van der Waals surface area contributed by atoms with E-state index < -0.39 is 22.7 Å². The van der Waals surface area contributed by atoms with Crippen LogP contribution in [0, 0.1) is 0 Å². The fourth-order valence-electron chi connectivity index (χ4n) is 0.434. The lowest BCUT2D eigenvalue weighted by molar-refractivity contribution is -0.134. The summed E-state index contributed by atoms with van der Waals surface area (Å²) in [6, 6.07) is 0. The number of hydrogen-bond acceptors (Lipinski definition) is 3. The second-order valence-corrected chi connectivity index (χ2v) is 3.20. The minimum atomic E-state index is -1.26. The van der Waals surface area contributed by atoms with Crippen molar-refractivity contribution < 1.29 is 24.0 Å². The molecule has 0 aromatic rings. The van der Waals surface area contributed by atoms with E-state index >= 15 is 0 Å². The molecule has 0 bridgehead atoms. The normalized spacial score (nSPS) is 14.0. The molecule has 0 fully saturated rings. The van der Waals surface area contributed by atoms with Gasteiger partial charge in [-0.2, -0.15) is 0 Å². The highest BCUT2D eigenvalue weighted by molar-refractivity contribution is 7.91. The minimum Gasteiger partial charge on any atom is -0.478 e. The van der Waals surface area contributed by atoms with Crippen molar-refractivity contribution in [3.8, 4) is 0 Å². The van der Waals surface area contributed by atoms with E-state index in [4.69, 9.17) is 10.2 Å². The van der Waals surface area contributed by atoms with Crippen molar-refractivity contribution in [1.82, 2.24) is 0 Å². The number of allylic oxidation sites excluding steroid dienone is 2. The van der Waals surface area contributed by atoms with Gasteiger partial charge in [-0.1, -0.05) is 12.2 Å². The fraction of sp³-hybridized carbons (Fsp3) is 0. The Kier molecular flexibility index (Phi) is 5.97. The smallest absolute Gasteiger partial charge is 0.328 e. The molecule has 1 heterocycles. The van der Waals surface area contributed by atoms with Gasteiger partial charge in [0.05, 0.1) is 10.8 Å². The molecule has 76 valence electrons. The number of aliphatic carboxylic acids is 2. The Morgan fingerprint density at radius 3 is 1.50 bits per heavy atom. The Hall–Kier alpha value is -1.69. The zero-order chi connectivity index (χ0) is 11.0. The van der Waals surface area contributed by atoms with Crippen molar-refractivity contribution in [2.24, 2.45) is 0 Å². The minimum absolute atomic E-state index is 0.558. The second kappa shape index (κ2) is 6.79. The van der Waals surface area contributed by atoms with Crippen LogP contribution in [0.15, 0.2) is 35.1 Å². The van der Waals surface area contributed by atoms with E-state index in [0.717, 1.165) is 0 Å². The molecule has 0 aromatic carbocycles. The molecule has 14 heavy (non-hydrogen) atoms. The van der Waals surface area contributed by atoms with Gasteiger partial charge in [-0.15, -0.1) is 0 Å². The molecular formula is C8H8O5S. The molecular weight excluding hydrogens is 208 g/mol. The molecule has 0 aromatic heterocycles. The van der Waals surface area contributed by atoms with Crippen molar-refractivity contribution in [2.75, 3.05) is 0 Å². The monoisotopic (exact) mass is 216 g/mol. The van der Waals surface area contributed by atoms with Crippen molar-refractivity contribution in [3.05, 3.63) is 35.1 Å². The molecule has 0 unspecified atom stereocenters. The van der Waals surface area contributed by atoms with Crippen LogP contribution in [0.4, 0.5) is 0 Å². The van der Waals surface area contributed by atoms with Crippen molar-refractivity contribution >= 4 is 22.7 Å². The predicted molar refractivity (Wildman–Crippen MR) is 50.8 cm³/mol. The summed E-state index contributed by atoms with van der Waals surface area (Å²) in [5.41, 5.74) is 0. The van der Waals surface area contributed by atoms with E-state index in [1.165, 1.54) is 0 Å². The molecule has 1 aliphatic rings. The molecule has 0 saturated carbocycles. The highest BCUT2D eigenvalue weighted by Crippen LogP contribution is 1.95. The van der Waals surface area contributed by atoms with Crippen LogP contribution in [0.25, 0.3) is 0 Å². The van der Waals surface area contributed by atoms with Gasteiger partial charge in [0, 0.05) is 23.0 Å². The molecule has 6 heteroatoms. The van der Waals surface area contributed by atoms with Crippen LogP contribution >= 0.6 is 0 Å². The van der Waals surface area contributed by atoms with Crippen LogP contribution in [-0.4, -0.2) is 26.4 Å². The van der Waals surface area contributed by atoms with Crippen LogP contribution in [0.2, 0.25) is 0 Å². The largest absolute Gasteiger partial charge is 0.478 e. The van der Waals surface area contributed by atoms with Crippen LogP contribution in [0.1, 0.15) is 0 Å². The standard InChI is InChI=1S/C4H4O4.C4H4OS/c5-3(6)1-2-4(7)8;5-6-3-1-2-4-6/h1-2H,(H,5,6)(H,7,8);1-4H. The van der Waals surface area contributed by atoms with Gasteiger partial charge in [-0.05, 0) is 0 Å². The Morgan fingerprint density at radius 2 is 1.36 bits per heavy atom. The molecule has 2 N–H and O–H groups in total. The Balaban J connectivity index is 0.000000249. The maximum atomic E-state index is 10.2. The van der Waals surface area contributed by atoms with Gasteiger partial charge < -0.3 is 10.2 Å². The van der Waals surface area contributed by atoms with E-state index in [-0.39, 0.29) is 0 Å². The van der Waals surface area contributed by atoms with Gasteiger partial charge in [0.2, 0.25) is 0 Å². The summed E-state index contributed by atoms with van der Waals surface area (Å²) in [7, 11) is -0.784. The molecule has 0 amide bonds. The zero-order valence-corrected chi connectivity index (χ0v) is 7.81. The molecule has 1 aliphatic heterocycles. The van der Waals surface area contributed by atoms with Crippen molar-refractivity contribution in [2.45, 2.75) is 0 Å². The van der Waals surface area contributed by atoms with Crippen molar-refractivity contribution in [1.29, 1.82) is 0 Å². The molecule has 0 spiro atoms. The summed E-state index contributed by atoms with van der Waals surface area (Å²) in [5, 5.41) is 18.9. The summed E-state index contributed by atoms with van der Waals surface area (Å²) in [5.74, 6) is -2.51. The van der Waals surface area contributed by atoms with E-state index in [1.54, 1.807) is 23.0 Å². The first kappa shape index (κ1) is 12.3. The Morgan fingerprint density at radius 1 is 1.00 bits per heavy atom. The molecule has 0 aliphatic carbocycles. The molecule has 0 atom stereocenters. The van der Waals surface area contributed by atoms with Gasteiger partial charge in [-0.3, -0.25) is 4.21 Å². The lowest BCUT2D eigenvalue weighted by atomic mass is 10.5. The van der Waals surface area contributed by atoms with Crippen LogP contribution in [-0.2, 0) is 20.4 Å². The average Bonchev–Trinajstić information content (AvgIpc) is 2.53. The van der Waals surface area contributed by atoms with Crippen LogP contribution in [0.3, 0.4) is 0 Å². The predicted octanol–water partition coefficient (Wildman–Crippen LogP) is 0.488. The third-order valence-electron chi connectivity index (χ3n) is 0.905. The van der Waals surface area contributed by atoms with Crippen molar-refractivity contribution in [3.63, 3.8) is 0 Å². The fourth-order valence-corrected chi connectivity index (χ4v) is 1.02. The number of carboxylic acid groups (broad SMARTS) is 2. The molecule has 0 saturated heterocycles. The summed E-state index contributed by atoms with van der Waals surface area (Å²) < 4.78 is 10.2. The van der Waals surface area contributed by atoms with Gasteiger partial charge in [0.1, 0.15) is 0 Å². The van der Waals surface area contributed by atoms with E-state index in [9.17, 15) is 13.8 Å². The van der Waals surface area contributed by atoms with Gasteiger partial charge in [0.15, 0.2) is 0 Å². The highest BCUT2D eigenvalue weighted by Gasteiger charge is 1.88. The maximum Gasteiger partial charge on any atom is 0.328 e. The molecule has 0 radical (unpaired) electrons. The first-order valence-corrected chi connectivity index (χ1v) is 4.68. The van der Waals surface area contributed by atoms with Crippen LogP contribution in [0.5, 0.6) is 0 Å². The van der Waals surface area contributed by atoms with E-state index in [2.05, 4.69) is 0 Å². The number of carboxylic acids is 2.